The van der Waals surface area contributed by atoms with Crippen LogP contribution < -0.4 is 4.90 Å². The van der Waals surface area contributed by atoms with Crippen LogP contribution in [-0.2, 0) is 4.79 Å². The molecule has 2 aromatic carbocycles. The lowest BCUT2D eigenvalue weighted by atomic mass is 10.1. The minimum Gasteiger partial charge on any atom is -0.457 e. The van der Waals surface area contributed by atoms with E-state index >= 15 is 0 Å². The first-order valence-electron chi connectivity index (χ1n) is 11.4. The van der Waals surface area contributed by atoms with Crippen LogP contribution in [0, 0.1) is 13.8 Å². The maximum atomic E-state index is 13.1. The highest BCUT2D eigenvalue weighted by Gasteiger charge is 2.34. The van der Waals surface area contributed by atoms with E-state index in [1.807, 2.05) is 24.3 Å². The van der Waals surface area contributed by atoms with E-state index in [0.29, 0.717) is 21.7 Å². The summed E-state index contributed by atoms with van der Waals surface area (Å²) in [5.74, 6) is 1.39. The van der Waals surface area contributed by atoms with Crippen LogP contribution in [0.5, 0.6) is 0 Å². The molecule has 0 bridgehead atoms. The molecule has 34 heavy (non-hydrogen) atoms. The van der Waals surface area contributed by atoms with Gasteiger partial charge in [0.15, 0.2) is 0 Å². The number of hydrogen-bond donors (Lipinski definition) is 0. The van der Waals surface area contributed by atoms with Gasteiger partial charge in [-0.3, -0.25) is 14.6 Å². The zero-order valence-corrected chi connectivity index (χ0v) is 21.0. The van der Waals surface area contributed by atoms with E-state index in [9.17, 15) is 4.79 Å². The molecule has 2 aliphatic rings. The van der Waals surface area contributed by atoms with Gasteiger partial charge in [-0.25, -0.2) is 0 Å². The van der Waals surface area contributed by atoms with Gasteiger partial charge in [-0.15, -0.1) is 0 Å². The normalized spacial score (nSPS) is 18.4. The first-order chi connectivity index (χ1) is 16.5. The van der Waals surface area contributed by atoms with Crippen LogP contribution in [0.1, 0.15) is 16.9 Å². The number of benzene rings is 2. The summed E-state index contributed by atoms with van der Waals surface area (Å²) in [4.78, 5) is 20.1. The maximum Gasteiger partial charge on any atom is 0.267 e. The molecule has 3 heterocycles. The second-order valence-corrected chi connectivity index (χ2v) is 10.4. The SMILES string of the molecule is Cc1ccc(-c2ccc(/C=C3/SC(=S)N(CN4CCN(c5ccccc5C)CC4)C3=O)o2)cc1. The van der Waals surface area contributed by atoms with Crippen molar-refractivity contribution in [1.82, 2.24) is 9.80 Å². The molecule has 1 amide bonds. The Labute approximate surface area is 210 Å². The predicted molar refractivity (Wildman–Crippen MR) is 144 cm³/mol. The Balaban J connectivity index is 1.22. The summed E-state index contributed by atoms with van der Waals surface area (Å²) in [5.41, 5.74) is 4.80. The Morgan fingerprint density at radius 1 is 0.971 bits per heavy atom. The largest absolute Gasteiger partial charge is 0.457 e. The van der Waals surface area contributed by atoms with Gasteiger partial charge in [-0.05, 0) is 37.6 Å². The fourth-order valence-electron chi connectivity index (χ4n) is 4.30. The summed E-state index contributed by atoms with van der Waals surface area (Å²) in [6.07, 6.45) is 1.80. The Bertz CT molecular complexity index is 1240. The van der Waals surface area contributed by atoms with E-state index in [2.05, 4.69) is 60.0 Å². The molecule has 1 aromatic heterocycles. The van der Waals surface area contributed by atoms with Crippen molar-refractivity contribution in [1.29, 1.82) is 0 Å². The van der Waals surface area contributed by atoms with Gasteiger partial charge in [0.25, 0.3) is 5.91 Å². The quantitative estimate of drug-likeness (QED) is 0.346. The van der Waals surface area contributed by atoms with E-state index < -0.39 is 0 Å². The molecule has 174 valence electrons. The van der Waals surface area contributed by atoms with Crippen LogP contribution in [0.4, 0.5) is 5.69 Å². The number of aryl methyl sites for hydroxylation is 2. The number of anilines is 1. The highest BCUT2D eigenvalue weighted by molar-refractivity contribution is 8.26. The molecule has 2 fully saturated rings. The molecule has 0 radical (unpaired) electrons. The number of furan rings is 1. The lowest BCUT2D eigenvalue weighted by Gasteiger charge is -2.38. The number of para-hydroxylation sites is 1. The van der Waals surface area contributed by atoms with Gasteiger partial charge in [0.2, 0.25) is 0 Å². The highest BCUT2D eigenvalue weighted by Crippen LogP contribution is 2.34. The number of nitrogens with zero attached hydrogens (tertiary/aromatic N) is 3. The van der Waals surface area contributed by atoms with Crippen molar-refractivity contribution < 1.29 is 9.21 Å². The van der Waals surface area contributed by atoms with E-state index in [-0.39, 0.29) is 5.91 Å². The second kappa shape index (κ2) is 9.78. The molecular weight excluding hydrogens is 462 g/mol. The summed E-state index contributed by atoms with van der Waals surface area (Å²) in [7, 11) is 0. The topological polar surface area (TPSA) is 39.9 Å². The third kappa shape index (κ3) is 4.82. The van der Waals surface area contributed by atoms with Crippen LogP contribution in [-0.4, -0.2) is 52.9 Å². The fraction of sp³-hybridized carbons (Fsp3) is 0.259. The van der Waals surface area contributed by atoms with E-state index in [4.69, 9.17) is 16.6 Å². The number of piperazine rings is 1. The van der Waals surface area contributed by atoms with E-state index in [0.717, 1.165) is 37.5 Å². The number of carbonyl (C=O) groups is 1. The van der Waals surface area contributed by atoms with Gasteiger partial charge in [0, 0.05) is 43.5 Å². The van der Waals surface area contributed by atoms with Crippen LogP contribution >= 0.6 is 24.0 Å². The van der Waals surface area contributed by atoms with Crippen LogP contribution in [0.25, 0.3) is 17.4 Å². The smallest absolute Gasteiger partial charge is 0.267 e. The summed E-state index contributed by atoms with van der Waals surface area (Å²) >= 11 is 6.89. The number of carbonyl (C=O) groups excluding carboxylic acids is 1. The average Bonchev–Trinajstić information content (AvgIpc) is 3.41. The van der Waals surface area contributed by atoms with Crippen molar-refractivity contribution in [3.8, 4) is 11.3 Å². The number of thiocarbonyl (C=S) groups is 1. The molecule has 5 rings (SSSR count). The van der Waals surface area contributed by atoms with Crippen molar-refractivity contribution in [3.63, 3.8) is 0 Å². The van der Waals surface area contributed by atoms with Gasteiger partial charge in [-0.2, -0.15) is 0 Å². The minimum atomic E-state index is -0.0513. The lowest BCUT2D eigenvalue weighted by Crippen LogP contribution is -2.51. The molecule has 2 aliphatic heterocycles. The molecular formula is C27H27N3O2S2. The molecule has 0 spiro atoms. The molecule has 5 nitrogen and oxygen atoms in total. The monoisotopic (exact) mass is 489 g/mol. The maximum absolute atomic E-state index is 13.1. The van der Waals surface area contributed by atoms with E-state index in [1.165, 1.54) is 28.6 Å². The van der Waals surface area contributed by atoms with Crippen molar-refractivity contribution in [2.24, 2.45) is 0 Å². The molecule has 0 unspecified atom stereocenters. The summed E-state index contributed by atoms with van der Waals surface area (Å²) in [6, 6.07) is 20.5. The molecule has 0 saturated carbocycles. The minimum absolute atomic E-state index is 0.0513. The predicted octanol–water partition coefficient (Wildman–Crippen LogP) is 5.54. The van der Waals surface area contributed by atoms with Gasteiger partial charge in [-0.1, -0.05) is 72.0 Å². The molecule has 3 aromatic rings. The number of thioether (sulfide) groups is 1. The first-order valence-corrected chi connectivity index (χ1v) is 12.7. The summed E-state index contributed by atoms with van der Waals surface area (Å²) < 4.78 is 6.58. The summed E-state index contributed by atoms with van der Waals surface area (Å²) in [6.45, 7) is 8.38. The van der Waals surface area contributed by atoms with Crippen LogP contribution in [0.15, 0.2) is 70.0 Å². The zero-order valence-electron chi connectivity index (χ0n) is 19.4. The molecule has 0 aliphatic carbocycles. The van der Waals surface area contributed by atoms with Crippen molar-refractivity contribution in [3.05, 3.63) is 82.5 Å². The standard InChI is InChI=1S/C27H27N3O2S2/c1-19-7-9-21(10-8-19)24-12-11-22(32-24)17-25-26(31)30(27(33)34-25)18-28-13-15-29(16-14-28)23-6-4-3-5-20(23)2/h3-12,17H,13-16,18H2,1-2H3/b25-17+. The zero-order chi connectivity index (χ0) is 23.7. The average molecular weight is 490 g/mol. The molecule has 0 atom stereocenters. The third-order valence-electron chi connectivity index (χ3n) is 6.28. The fourth-order valence-corrected chi connectivity index (χ4v) is 5.52. The Kier molecular flexibility index (Phi) is 6.59. The third-order valence-corrected chi connectivity index (χ3v) is 7.66. The highest BCUT2D eigenvalue weighted by atomic mass is 32.2. The number of rotatable bonds is 5. The molecule has 2 saturated heterocycles. The lowest BCUT2D eigenvalue weighted by molar-refractivity contribution is -0.123. The number of amides is 1. The van der Waals surface area contributed by atoms with E-state index in [1.54, 1.807) is 11.0 Å². The Hall–Kier alpha value is -2.87. The molecule has 7 heteroatoms. The van der Waals surface area contributed by atoms with Crippen molar-refractivity contribution in [2.75, 3.05) is 37.7 Å². The second-order valence-electron chi connectivity index (χ2n) is 8.71. The summed E-state index contributed by atoms with van der Waals surface area (Å²) in [5, 5.41) is 0. The Morgan fingerprint density at radius 3 is 2.44 bits per heavy atom. The Morgan fingerprint density at radius 2 is 1.71 bits per heavy atom. The van der Waals surface area contributed by atoms with Gasteiger partial charge < -0.3 is 9.32 Å². The molecule has 0 N–H and O–H groups in total. The van der Waals surface area contributed by atoms with Crippen LogP contribution in [0.2, 0.25) is 0 Å². The van der Waals surface area contributed by atoms with Gasteiger partial charge in [0.05, 0.1) is 11.6 Å². The first kappa shape index (κ1) is 22.9. The van der Waals surface area contributed by atoms with Crippen LogP contribution in [0.3, 0.4) is 0 Å². The van der Waals surface area contributed by atoms with Crippen molar-refractivity contribution in [2.45, 2.75) is 13.8 Å². The van der Waals surface area contributed by atoms with Crippen molar-refractivity contribution >= 4 is 46.0 Å². The van der Waals surface area contributed by atoms with Gasteiger partial charge in [0.1, 0.15) is 15.8 Å². The number of hydrogen-bond acceptors (Lipinski definition) is 6. The van der Waals surface area contributed by atoms with Gasteiger partial charge >= 0.3 is 0 Å².